The number of aromatic nitrogens is 4. The number of nitrogens with zero attached hydrogens (tertiary/aromatic N) is 5. The largest absolute Gasteiger partial charge is 0.251 e. The van der Waals surface area contributed by atoms with E-state index in [1.165, 1.54) is 5.56 Å². The zero-order chi connectivity index (χ0) is 15.2. The van der Waals surface area contributed by atoms with Crippen LogP contribution >= 0.6 is 0 Å². The van der Waals surface area contributed by atoms with Crippen molar-refractivity contribution in [1.29, 1.82) is 0 Å². The van der Waals surface area contributed by atoms with Gasteiger partial charge in [0.05, 0.1) is 17.6 Å². The first-order chi connectivity index (χ1) is 11.4. The Kier molecular flexibility index (Phi) is 2.49. The Bertz CT molecular complexity index is 1030. The van der Waals surface area contributed by atoms with Gasteiger partial charge in [-0.05, 0) is 17.7 Å². The Morgan fingerprint density at radius 2 is 1.87 bits per heavy atom. The molecule has 2 aromatic heterocycles. The molecule has 5 nitrogen and oxygen atoms in total. The quantitative estimate of drug-likeness (QED) is 0.691. The van der Waals surface area contributed by atoms with Crippen LogP contribution in [0.25, 0.3) is 16.7 Å². The number of benzene rings is 1. The van der Waals surface area contributed by atoms with E-state index in [1.54, 1.807) is 18.6 Å². The summed E-state index contributed by atoms with van der Waals surface area (Å²) in [4.78, 5) is 22.3. The molecule has 5 rings (SSSR count). The van der Waals surface area contributed by atoms with Crippen LogP contribution in [-0.4, -0.2) is 25.6 Å². The van der Waals surface area contributed by atoms with Crippen LogP contribution in [-0.2, 0) is 0 Å². The van der Waals surface area contributed by atoms with Crippen LogP contribution in [0.4, 0.5) is 5.69 Å². The third kappa shape index (κ3) is 1.83. The van der Waals surface area contributed by atoms with Crippen LogP contribution in [0.3, 0.4) is 0 Å². The Balaban J connectivity index is 1.66. The van der Waals surface area contributed by atoms with Gasteiger partial charge in [-0.15, -0.1) is 0 Å². The maximum absolute atomic E-state index is 4.79. The average molecular weight is 297 g/mol. The van der Waals surface area contributed by atoms with Crippen LogP contribution in [0, 0.1) is 0 Å². The van der Waals surface area contributed by atoms with E-state index in [-0.39, 0.29) is 5.92 Å². The molecule has 0 radical (unpaired) electrons. The minimum atomic E-state index is 0.173. The molecule has 3 heterocycles. The van der Waals surface area contributed by atoms with Crippen LogP contribution in [0.2, 0.25) is 0 Å². The van der Waals surface area contributed by atoms with Crippen molar-refractivity contribution in [3.63, 3.8) is 0 Å². The summed E-state index contributed by atoms with van der Waals surface area (Å²) in [5.74, 6) is 0.811. The molecule has 1 aliphatic carbocycles. The fraction of sp³-hybridized carbons (Fsp3) is 0.0556. The van der Waals surface area contributed by atoms with Gasteiger partial charge in [-0.1, -0.05) is 30.4 Å². The first-order valence-corrected chi connectivity index (χ1v) is 7.41. The summed E-state index contributed by atoms with van der Waals surface area (Å²) in [6.07, 6.45) is 11.2. The van der Waals surface area contributed by atoms with Crippen LogP contribution in [0.5, 0.6) is 0 Å². The van der Waals surface area contributed by atoms with Crippen molar-refractivity contribution >= 4 is 28.1 Å². The van der Waals surface area contributed by atoms with E-state index < -0.39 is 0 Å². The second-order valence-corrected chi connectivity index (χ2v) is 5.46. The summed E-state index contributed by atoms with van der Waals surface area (Å²) in [6.45, 7) is 0. The van der Waals surface area contributed by atoms with E-state index in [4.69, 9.17) is 4.99 Å². The van der Waals surface area contributed by atoms with Crippen molar-refractivity contribution in [1.82, 2.24) is 19.9 Å². The van der Waals surface area contributed by atoms with Crippen molar-refractivity contribution in [3.8, 4) is 0 Å². The van der Waals surface area contributed by atoms with E-state index in [1.807, 2.05) is 30.4 Å². The van der Waals surface area contributed by atoms with Gasteiger partial charge in [0.15, 0.2) is 11.5 Å². The number of rotatable bonds is 1. The number of allylic oxidation sites excluding steroid dienone is 4. The van der Waals surface area contributed by atoms with E-state index in [0.29, 0.717) is 17.0 Å². The third-order valence-corrected chi connectivity index (χ3v) is 4.12. The zero-order valence-corrected chi connectivity index (χ0v) is 12.1. The highest BCUT2D eigenvalue weighted by atomic mass is 15.0. The standard InChI is InChI=1S/C18H11N5/c1-2-7-14-11(4-1)12-5-3-6-13(16(12)22-14)17-21-10-15-18(23-17)20-9-8-19-15/h1-10,12H. The number of fused-ring (bicyclic) bond motifs is 4. The molecule has 0 spiro atoms. The molecule has 0 fully saturated rings. The Hall–Kier alpha value is -3.21. The predicted octanol–water partition coefficient (Wildman–Crippen LogP) is 3.24. The summed E-state index contributed by atoms with van der Waals surface area (Å²) >= 11 is 0. The monoisotopic (exact) mass is 297 g/mol. The van der Waals surface area contributed by atoms with Gasteiger partial charge >= 0.3 is 0 Å². The number of hydrogen-bond donors (Lipinski definition) is 0. The first kappa shape index (κ1) is 12.3. The van der Waals surface area contributed by atoms with Crippen molar-refractivity contribution in [2.24, 2.45) is 4.99 Å². The predicted molar refractivity (Wildman–Crippen MR) is 88.5 cm³/mol. The third-order valence-electron chi connectivity index (χ3n) is 4.12. The first-order valence-electron chi connectivity index (χ1n) is 7.41. The second kappa shape index (κ2) is 4.64. The fourth-order valence-corrected chi connectivity index (χ4v) is 3.06. The van der Waals surface area contributed by atoms with Crippen LogP contribution in [0.1, 0.15) is 17.3 Å². The summed E-state index contributed by atoms with van der Waals surface area (Å²) in [5.41, 5.74) is 5.48. The lowest BCUT2D eigenvalue weighted by atomic mass is 9.87. The molecule has 0 saturated carbocycles. The van der Waals surface area contributed by atoms with Crippen molar-refractivity contribution in [3.05, 3.63) is 72.5 Å². The Morgan fingerprint density at radius 1 is 0.957 bits per heavy atom. The molecule has 5 heteroatoms. The Labute approximate surface area is 132 Å². The molecule has 0 bridgehead atoms. The highest BCUT2D eigenvalue weighted by Crippen LogP contribution is 2.41. The summed E-state index contributed by atoms with van der Waals surface area (Å²) < 4.78 is 0. The van der Waals surface area contributed by atoms with Crippen molar-refractivity contribution < 1.29 is 0 Å². The van der Waals surface area contributed by atoms with Gasteiger partial charge < -0.3 is 0 Å². The van der Waals surface area contributed by atoms with E-state index in [2.05, 4.69) is 32.1 Å². The highest BCUT2D eigenvalue weighted by Gasteiger charge is 2.30. The maximum Gasteiger partial charge on any atom is 0.181 e. The number of para-hydroxylation sites is 1. The summed E-state index contributed by atoms with van der Waals surface area (Å²) in [7, 11) is 0. The minimum Gasteiger partial charge on any atom is -0.251 e. The molecule has 3 aromatic rings. The van der Waals surface area contributed by atoms with Crippen molar-refractivity contribution in [2.75, 3.05) is 0 Å². The van der Waals surface area contributed by atoms with Crippen LogP contribution < -0.4 is 0 Å². The van der Waals surface area contributed by atoms with Gasteiger partial charge in [-0.3, -0.25) is 4.99 Å². The molecule has 1 atom stereocenters. The molecular formula is C18H11N5. The lowest BCUT2D eigenvalue weighted by Gasteiger charge is -2.16. The topological polar surface area (TPSA) is 63.9 Å². The summed E-state index contributed by atoms with van der Waals surface area (Å²) in [5, 5.41) is 0. The van der Waals surface area contributed by atoms with E-state index in [0.717, 1.165) is 17.0 Å². The molecule has 2 aliphatic rings. The number of hydrogen-bond acceptors (Lipinski definition) is 5. The number of aliphatic imine (C=N–C) groups is 1. The lowest BCUT2D eigenvalue weighted by molar-refractivity contribution is 1.10. The second-order valence-electron chi connectivity index (χ2n) is 5.46. The minimum absolute atomic E-state index is 0.173. The molecule has 0 saturated heterocycles. The molecule has 0 N–H and O–H groups in total. The zero-order valence-electron chi connectivity index (χ0n) is 12.1. The SMILES string of the molecule is C1=CC2C(=Nc3ccccc32)C(c2ncc3nccnc3n2)=C1. The molecule has 1 unspecified atom stereocenters. The van der Waals surface area contributed by atoms with E-state index >= 15 is 0 Å². The molecule has 108 valence electrons. The molecule has 1 aromatic carbocycles. The molecule has 0 amide bonds. The van der Waals surface area contributed by atoms with Gasteiger partial charge in [0.1, 0.15) is 5.52 Å². The van der Waals surface area contributed by atoms with Gasteiger partial charge in [-0.2, -0.15) is 0 Å². The lowest BCUT2D eigenvalue weighted by Crippen LogP contribution is -2.13. The van der Waals surface area contributed by atoms with Gasteiger partial charge in [0.25, 0.3) is 0 Å². The maximum atomic E-state index is 4.79. The summed E-state index contributed by atoms with van der Waals surface area (Å²) in [6, 6.07) is 8.22. The molecular weight excluding hydrogens is 286 g/mol. The van der Waals surface area contributed by atoms with Gasteiger partial charge in [0, 0.05) is 23.9 Å². The van der Waals surface area contributed by atoms with E-state index in [9.17, 15) is 0 Å². The average Bonchev–Trinajstić information content (AvgIpc) is 3.00. The Morgan fingerprint density at radius 3 is 2.87 bits per heavy atom. The van der Waals surface area contributed by atoms with Gasteiger partial charge in [-0.25, -0.2) is 19.9 Å². The van der Waals surface area contributed by atoms with Crippen LogP contribution in [0.15, 0.2) is 66.1 Å². The molecule has 1 aliphatic heterocycles. The van der Waals surface area contributed by atoms with Gasteiger partial charge in [0.2, 0.25) is 0 Å². The smallest absolute Gasteiger partial charge is 0.181 e. The highest BCUT2D eigenvalue weighted by molar-refractivity contribution is 6.30. The van der Waals surface area contributed by atoms with Crippen molar-refractivity contribution in [2.45, 2.75) is 5.92 Å². The fourth-order valence-electron chi connectivity index (χ4n) is 3.06. The normalized spacial score (nSPS) is 18.3. The molecule has 23 heavy (non-hydrogen) atoms.